The van der Waals surface area contributed by atoms with E-state index >= 15 is 0 Å². The van der Waals surface area contributed by atoms with Crippen molar-refractivity contribution >= 4 is 35.1 Å². The third kappa shape index (κ3) is 3.21. The number of nitrogens with zero attached hydrogens (tertiary/aromatic N) is 3. The van der Waals surface area contributed by atoms with E-state index in [1.54, 1.807) is 7.05 Å². The molecule has 1 aromatic carbocycles. The molecule has 0 saturated carbocycles. The molecular formula is C11H11Cl2N5. The molecule has 0 unspecified atom stereocenters. The van der Waals surface area contributed by atoms with Crippen LogP contribution in [-0.4, -0.2) is 22.0 Å². The fourth-order valence-electron chi connectivity index (χ4n) is 1.36. The predicted octanol–water partition coefficient (Wildman–Crippen LogP) is 2.83. The van der Waals surface area contributed by atoms with Gasteiger partial charge in [0.15, 0.2) is 0 Å². The molecule has 0 spiro atoms. The lowest BCUT2D eigenvalue weighted by Crippen LogP contribution is -2.07. The number of nitrogens with one attached hydrogen (secondary N) is 2. The zero-order chi connectivity index (χ0) is 13.0. The molecule has 0 fully saturated rings. The van der Waals surface area contributed by atoms with Crippen molar-refractivity contribution in [3.05, 3.63) is 40.1 Å². The van der Waals surface area contributed by atoms with E-state index in [1.807, 2.05) is 24.3 Å². The summed E-state index contributed by atoms with van der Waals surface area (Å²) >= 11 is 11.8. The molecule has 94 valence electrons. The zero-order valence-corrected chi connectivity index (χ0v) is 11.1. The molecule has 0 bridgehead atoms. The highest BCUT2D eigenvalue weighted by Crippen LogP contribution is 2.16. The van der Waals surface area contributed by atoms with Crippen LogP contribution < -0.4 is 10.6 Å². The molecule has 0 aliphatic rings. The zero-order valence-electron chi connectivity index (χ0n) is 9.61. The van der Waals surface area contributed by atoms with E-state index in [2.05, 4.69) is 25.6 Å². The first-order chi connectivity index (χ1) is 8.69. The van der Waals surface area contributed by atoms with Crippen LogP contribution >= 0.6 is 23.2 Å². The maximum Gasteiger partial charge on any atom is 0.229 e. The smallest absolute Gasteiger partial charge is 0.229 e. The molecular weight excluding hydrogens is 273 g/mol. The van der Waals surface area contributed by atoms with E-state index in [9.17, 15) is 0 Å². The summed E-state index contributed by atoms with van der Waals surface area (Å²) in [7, 11) is 1.71. The molecule has 0 atom stereocenters. The summed E-state index contributed by atoms with van der Waals surface area (Å²) in [5, 5.41) is 6.68. The molecule has 2 aromatic rings. The van der Waals surface area contributed by atoms with Crippen molar-refractivity contribution in [2.75, 3.05) is 17.7 Å². The molecule has 1 heterocycles. The largest absolute Gasteiger partial charge is 0.357 e. The molecule has 0 saturated heterocycles. The first-order valence-corrected chi connectivity index (χ1v) is 6.01. The minimum Gasteiger partial charge on any atom is -0.357 e. The number of hydrogen-bond acceptors (Lipinski definition) is 5. The second-order valence-corrected chi connectivity index (χ2v) is 4.19. The monoisotopic (exact) mass is 283 g/mol. The van der Waals surface area contributed by atoms with Gasteiger partial charge in [-0.15, -0.1) is 0 Å². The van der Waals surface area contributed by atoms with Crippen LogP contribution in [-0.2, 0) is 6.54 Å². The van der Waals surface area contributed by atoms with Crippen LogP contribution in [0.4, 0.5) is 11.9 Å². The standard InChI is InChI=1S/C11H11Cl2N5/c1-14-10-16-9(13)17-11(18-10)15-6-7-4-2-3-5-8(7)12/h2-5H,6H2,1H3,(H2,14,15,16,17,18). The second kappa shape index (κ2) is 5.84. The van der Waals surface area contributed by atoms with Crippen LogP contribution in [0.2, 0.25) is 10.3 Å². The molecule has 18 heavy (non-hydrogen) atoms. The molecule has 0 amide bonds. The number of anilines is 2. The number of rotatable bonds is 4. The van der Waals surface area contributed by atoms with Gasteiger partial charge in [-0.3, -0.25) is 0 Å². The summed E-state index contributed by atoms with van der Waals surface area (Å²) in [6, 6.07) is 7.56. The van der Waals surface area contributed by atoms with Crippen molar-refractivity contribution in [1.29, 1.82) is 0 Å². The number of hydrogen-bond donors (Lipinski definition) is 2. The summed E-state index contributed by atoms with van der Waals surface area (Å²) in [6.45, 7) is 0.517. The predicted molar refractivity (Wildman–Crippen MR) is 73.2 cm³/mol. The van der Waals surface area contributed by atoms with E-state index in [-0.39, 0.29) is 5.28 Å². The lowest BCUT2D eigenvalue weighted by Gasteiger charge is -2.07. The van der Waals surface area contributed by atoms with E-state index in [0.29, 0.717) is 23.5 Å². The molecule has 0 aliphatic heterocycles. The van der Waals surface area contributed by atoms with Gasteiger partial charge in [0, 0.05) is 18.6 Å². The van der Waals surface area contributed by atoms with Gasteiger partial charge in [0.2, 0.25) is 17.2 Å². The first kappa shape index (κ1) is 12.9. The number of benzene rings is 1. The second-order valence-electron chi connectivity index (χ2n) is 3.45. The Hall–Kier alpha value is -1.59. The van der Waals surface area contributed by atoms with Crippen molar-refractivity contribution in [1.82, 2.24) is 15.0 Å². The van der Waals surface area contributed by atoms with Crippen LogP contribution in [0.1, 0.15) is 5.56 Å². The minimum atomic E-state index is 0.135. The highest BCUT2D eigenvalue weighted by Gasteiger charge is 2.04. The quantitative estimate of drug-likeness (QED) is 0.904. The molecule has 0 aliphatic carbocycles. The van der Waals surface area contributed by atoms with Gasteiger partial charge in [0.1, 0.15) is 0 Å². The lowest BCUT2D eigenvalue weighted by molar-refractivity contribution is 1.00. The van der Waals surface area contributed by atoms with Crippen molar-refractivity contribution in [3.63, 3.8) is 0 Å². The van der Waals surface area contributed by atoms with Crippen LogP contribution in [0, 0.1) is 0 Å². The summed E-state index contributed by atoms with van der Waals surface area (Å²) in [6.07, 6.45) is 0. The fourth-order valence-corrected chi connectivity index (χ4v) is 1.72. The van der Waals surface area contributed by atoms with Gasteiger partial charge >= 0.3 is 0 Å². The number of aromatic nitrogens is 3. The maximum atomic E-state index is 6.05. The van der Waals surface area contributed by atoms with Crippen molar-refractivity contribution in [2.45, 2.75) is 6.54 Å². The van der Waals surface area contributed by atoms with Crippen molar-refractivity contribution in [2.24, 2.45) is 0 Å². The SMILES string of the molecule is CNc1nc(Cl)nc(NCc2ccccc2Cl)n1. The van der Waals surface area contributed by atoms with Crippen LogP contribution in [0.5, 0.6) is 0 Å². The Morgan fingerprint density at radius 2 is 1.78 bits per heavy atom. The van der Waals surface area contributed by atoms with Gasteiger partial charge in [0.05, 0.1) is 0 Å². The van der Waals surface area contributed by atoms with E-state index in [0.717, 1.165) is 5.56 Å². The highest BCUT2D eigenvalue weighted by molar-refractivity contribution is 6.31. The van der Waals surface area contributed by atoms with E-state index in [4.69, 9.17) is 23.2 Å². The number of halogens is 2. The Balaban J connectivity index is 2.11. The highest BCUT2D eigenvalue weighted by atomic mass is 35.5. The Labute approximate surface area is 115 Å². The molecule has 2 rings (SSSR count). The van der Waals surface area contributed by atoms with Gasteiger partial charge in [-0.2, -0.15) is 15.0 Å². The lowest BCUT2D eigenvalue weighted by atomic mass is 10.2. The van der Waals surface area contributed by atoms with Crippen molar-refractivity contribution in [3.8, 4) is 0 Å². The van der Waals surface area contributed by atoms with Crippen LogP contribution in [0.25, 0.3) is 0 Å². The summed E-state index contributed by atoms with van der Waals surface area (Å²) in [5.74, 6) is 0.816. The Morgan fingerprint density at radius 3 is 2.50 bits per heavy atom. The third-order valence-corrected chi connectivity index (χ3v) is 2.76. The summed E-state index contributed by atoms with van der Waals surface area (Å²) < 4.78 is 0. The van der Waals surface area contributed by atoms with E-state index < -0.39 is 0 Å². The minimum absolute atomic E-state index is 0.135. The van der Waals surface area contributed by atoms with Crippen LogP contribution in [0.15, 0.2) is 24.3 Å². The topological polar surface area (TPSA) is 62.7 Å². The third-order valence-electron chi connectivity index (χ3n) is 2.23. The van der Waals surface area contributed by atoms with Gasteiger partial charge in [-0.05, 0) is 23.2 Å². The normalized spacial score (nSPS) is 10.2. The van der Waals surface area contributed by atoms with Crippen LogP contribution in [0.3, 0.4) is 0 Å². The average Bonchev–Trinajstić information content (AvgIpc) is 2.37. The molecule has 7 heteroatoms. The van der Waals surface area contributed by atoms with Crippen molar-refractivity contribution < 1.29 is 0 Å². The van der Waals surface area contributed by atoms with Gasteiger partial charge in [-0.1, -0.05) is 29.8 Å². The average molecular weight is 284 g/mol. The Kier molecular flexibility index (Phi) is 4.17. The van der Waals surface area contributed by atoms with Gasteiger partial charge in [0.25, 0.3) is 0 Å². The molecule has 2 N–H and O–H groups in total. The van der Waals surface area contributed by atoms with Gasteiger partial charge in [-0.25, -0.2) is 0 Å². The Bertz CT molecular complexity index is 547. The summed E-state index contributed by atoms with van der Waals surface area (Å²) in [5.41, 5.74) is 0.960. The molecule has 5 nitrogen and oxygen atoms in total. The van der Waals surface area contributed by atoms with Gasteiger partial charge < -0.3 is 10.6 Å². The fraction of sp³-hybridized carbons (Fsp3) is 0.182. The molecule has 1 aromatic heterocycles. The van der Waals surface area contributed by atoms with E-state index in [1.165, 1.54) is 0 Å². The maximum absolute atomic E-state index is 6.05. The molecule has 0 radical (unpaired) electrons. The first-order valence-electron chi connectivity index (χ1n) is 5.25. The Morgan fingerprint density at radius 1 is 1.06 bits per heavy atom. The summed E-state index contributed by atoms with van der Waals surface area (Å²) in [4.78, 5) is 12.0.